The first-order valence-electron chi connectivity index (χ1n) is 10.9. The molecule has 3 heterocycles. The average Bonchev–Trinajstić information content (AvgIpc) is 3.41. The Bertz CT molecular complexity index is 1140. The molecule has 1 atom stereocenters. The summed E-state index contributed by atoms with van der Waals surface area (Å²) >= 11 is 0. The largest absolute Gasteiger partial charge is 0.417 e. The van der Waals surface area contributed by atoms with Crippen molar-refractivity contribution in [1.82, 2.24) is 20.0 Å². The van der Waals surface area contributed by atoms with Gasteiger partial charge in [-0.3, -0.25) is 14.3 Å². The number of hydrogen-bond donors (Lipinski definition) is 1. The Labute approximate surface area is 194 Å². The van der Waals surface area contributed by atoms with Gasteiger partial charge in [0.05, 0.1) is 34.9 Å². The molecule has 1 aromatic carbocycles. The summed E-state index contributed by atoms with van der Waals surface area (Å²) in [7, 11) is 3.28. The zero-order chi connectivity index (χ0) is 24.7. The standard InChI is InChI=1S/C23H25F3N6O2/c1-28-20(33)19-13-32(17-4-3-15(10-27)18(9-17)23(24,25)26)14-22(19)5-7-31(8-6-22)21(34)16-11-29-30(2)12-16/h3-4,9,11-12,19H,5-8,13-14H2,1-2H3,(H,28,33). The number of nitrogens with zero attached hydrogens (tertiary/aromatic N) is 5. The molecule has 0 saturated carbocycles. The highest BCUT2D eigenvalue weighted by molar-refractivity contribution is 5.93. The van der Waals surface area contributed by atoms with Gasteiger partial charge in [-0.05, 0) is 31.0 Å². The topological polar surface area (TPSA) is 94.3 Å². The maximum Gasteiger partial charge on any atom is 0.417 e. The molecule has 0 aliphatic carbocycles. The third-order valence-electron chi connectivity index (χ3n) is 7.00. The van der Waals surface area contributed by atoms with Crippen LogP contribution in [-0.4, -0.2) is 59.7 Å². The van der Waals surface area contributed by atoms with E-state index in [1.54, 1.807) is 40.8 Å². The van der Waals surface area contributed by atoms with Crippen molar-refractivity contribution in [2.75, 3.05) is 38.1 Å². The molecule has 1 N–H and O–H groups in total. The minimum Gasteiger partial charge on any atom is -0.370 e. The first kappa shape index (κ1) is 23.6. The van der Waals surface area contributed by atoms with Crippen molar-refractivity contribution in [3.8, 4) is 6.07 Å². The van der Waals surface area contributed by atoms with Gasteiger partial charge < -0.3 is 15.1 Å². The third kappa shape index (κ3) is 4.20. The summed E-state index contributed by atoms with van der Waals surface area (Å²) in [6, 6.07) is 5.25. The van der Waals surface area contributed by atoms with E-state index in [1.807, 2.05) is 0 Å². The molecule has 1 spiro atoms. The van der Waals surface area contributed by atoms with Crippen molar-refractivity contribution in [3.05, 3.63) is 47.3 Å². The number of hydrogen-bond acceptors (Lipinski definition) is 5. The minimum atomic E-state index is -4.66. The molecule has 2 saturated heterocycles. The van der Waals surface area contributed by atoms with Crippen LogP contribution in [0.3, 0.4) is 0 Å². The molecule has 2 aliphatic heterocycles. The zero-order valence-electron chi connectivity index (χ0n) is 18.9. The summed E-state index contributed by atoms with van der Waals surface area (Å²) in [5.74, 6) is -0.728. The van der Waals surface area contributed by atoms with Gasteiger partial charge in [0.25, 0.3) is 5.91 Å². The monoisotopic (exact) mass is 474 g/mol. The van der Waals surface area contributed by atoms with E-state index in [0.29, 0.717) is 43.7 Å². The van der Waals surface area contributed by atoms with Crippen LogP contribution < -0.4 is 10.2 Å². The number of carbonyl (C=O) groups is 2. The summed E-state index contributed by atoms with van der Waals surface area (Å²) in [5.41, 5.74) is -1.08. The predicted molar refractivity (Wildman–Crippen MR) is 117 cm³/mol. The van der Waals surface area contributed by atoms with Gasteiger partial charge in [0.1, 0.15) is 0 Å². The van der Waals surface area contributed by atoms with Gasteiger partial charge in [0.15, 0.2) is 0 Å². The molecule has 0 bridgehead atoms. The van der Waals surface area contributed by atoms with Crippen LogP contribution in [0.1, 0.15) is 34.3 Å². The summed E-state index contributed by atoms with van der Waals surface area (Å²) in [6.07, 6.45) is -0.385. The van der Waals surface area contributed by atoms with Crippen LogP contribution in [-0.2, 0) is 18.0 Å². The second kappa shape index (κ2) is 8.66. The number of anilines is 1. The molecule has 2 aromatic rings. The highest BCUT2D eigenvalue weighted by atomic mass is 19.4. The molecule has 1 unspecified atom stereocenters. The number of halogens is 3. The Morgan fingerprint density at radius 3 is 2.53 bits per heavy atom. The van der Waals surface area contributed by atoms with Crippen LogP contribution in [0.4, 0.5) is 18.9 Å². The molecule has 11 heteroatoms. The lowest BCUT2D eigenvalue weighted by molar-refractivity contribution is -0.137. The first-order chi connectivity index (χ1) is 16.1. The number of piperidine rings is 1. The SMILES string of the molecule is CNC(=O)C1CN(c2ccc(C#N)c(C(F)(F)F)c2)CC12CCN(C(=O)c1cnn(C)c1)CC2. The van der Waals surface area contributed by atoms with Crippen molar-refractivity contribution in [1.29, 1.82) is 5.26 Å². The number of carbonyl (C=O) groups excluding carboxylic acids is 2. The van der Waals surface area contributed by atoms with E-state index in [9.17, 15) is 22.8 Å². The molecule has 2 amide bonds. The van der Waals surface area contributed by atoms with Crippen molar-refractivity contribution >= 4 is 17.5 Å². The Morgan fingerprint density at radius 1 is 1.26 bits per heavy atom. The van der Waals surface area contributed by atoms with E-state index in [2.05, 4.69) is 10.4 Å². The van der Waals surface area contributed by atoms with Gasteiger partial charge in [-0.1, -0.05) is 0 Å². The average molecular weight is 474 g/mol. The number of nitriles is 1. The second-order valence-corrected chi connectivity index (χ2v) is 8.94. The van der Waals surface area contributed by atoms with E-state index < -0.39 is 28.6 Å². The summed E-state index contributed by atoms with van der Waals surface area (Å²) in [5, 5.41) is 15.8. The highest BCUT2D eigenvalue weighted by Crippen LogP contribution is 2.47. The van der Waals surface area contributed by atoms with Gasteiger partial charge in [0, 0.05) is 57.6 Å². The highest BCUT2D eigenvalue weighted by Gasteiger charge is 2.51. The molecule has 2 fully saturated rings. The lowest BCUT2D eigenvalue weighted by atomic mass is 9.70. The lowest BCUT2D eigenvalue weighted by Gasteiger charge is -2.41. The van der Waals surface area contributed by atoms with Crippen LogP contribution in [0, 0.1) is 22.7 Å². The van der Waals surface area contributed by atoms with Gasteiger partial charge in [0.2, 0.25) is 5.91 Å². The first-order valence-corrected chi connectivity index (χ1v) is 10.9. The van der Waals surface area contributed by atoms with Crippen LogP contribution in [0.25, 0.3) is 0 Å². The zero-order valence-corrected chi connectivity index (χ0v) is 18.9. The van der Waals surface area contributed by atoms with Crippen molar-refractivity contribution < 1.29 is 22.8 Å². The Morgan fingerprint density at radius 2 is 1.97 bits per heavy atom. The molecule has 34 heavy (non-hydrogen) atoms. The van der Waals surface area contributed by atoms with E-state index >= 15 is 0 Å². The lowest BCUT2D eigenvalue weighted by Crippen LogP contribution is -2.49. The van der Waals surface area contributed by atoms with Crippen molar-refractivity contribution in [2.45, 2.75) is 19.0 Å². The molecule has 2 aliphatic rings. The second-order valence-electron chi connectivity index (χ2n) is 8.94. The third-order valence-corrected chi connectivity index (χ3v) is 7.00. The summed E-state index contributed by atoms with van der Waals surface area (Å²) < 4.78 is 42.0. The van der Waals surface area contributed by atoms with E-state index in [4.69, 9.17) is 5.26 Å². The number of benzene rings is 1. The Hall–Kier alpha value is -3.55. The van der Waals surface area contributed by atoms with Gasteiger partial charge >= 0.3 is 6.18 Å². The Balaban J connectivity index is 1.57. The fourth-order valence-corrected chi connectivity index (χ4v) is 5.14. The molecule has 180 valence electrons. The maximum atomic E-state index is 13.5. The molecule has 0 radical (unpaired) electrons. The van der Waals surface area contributed by atoms with Crippen molar-refractivity contribution in [2.24, 2.45) is 18.4 Å². The van der Waals surface area contributed by atoms with Crippen LogP contribution >= 0.6 is 0 Å². The molecule has 1 aromatic heterocycles. The van der Waals surface area contributed by atoms with E-state index in [1.165, 1.54) is 18.3 Å². The number of likely N-dealkylation sites (tertiary alicyclic amines) is 1. The predicted octanol–water partition coefficient (Wildman–Crippen LogP) is 2.42. The minimum absolute atomic E-state index is 0.129. The van der Waals surface area contributed by atoms with Crippen LogP contribution in [0.5, 0.6) is 0 Å². The van der Waals surface area contributed by atoms with E-state index in [-0.39, 0.29) is 18.4 Å². The van der Waals surface area contributed by atoms with Crippen LogP contribution in [0.15, 0.2) is 30.6 Å². The quantitative estimate of drug-likeness (QED) is 0.738. The van der Waals surface area contributed by atoms with Crippen LogP contribution in [0.2, 0.25) is 0 Å². The van der Waals surface area contributed by atoms with E-state index in [0.717, 1.165) is 6.07 Å². The van der Waals surface area contributed by atoms with Gasteiger partial charge in [-0.2, -0.15) is 23.5 Å². The molecular weight excluding hydrogens is 449 g/mol. The number of aryl methyl sites for hydroxylation is 1. The molecule has 4 rings (SSSR count). The Kier molecular flexibility index (Phi) is 6.02. The number of amides is 2. The fraction of sp³-hybridized carbons (Fsp3) is 0.478. The number of rotatable bonds is 3. The maximum absolute atomic E-state index is 13.5. The van der Waals surface area contributed by atoms with Gasteiger partial charge in [-0.25, -0.2) is 0 Å². The number of aromatic nitrogens is 2. The summed E-state index contributed by atoms with van der Waals surface area (Å²) in [6.45, 7) is 1.54. The molecular formula is C23H25F3N6O2. The van der Waals surface area contributed by atoms with Gasteiger partial charge in [-0.15, -0.1) is 0 Å². The fourth-order valence-electron chi connectivity index (χ4n) is 5.14. The smallest absolute Gasteiger partial charge is 0.370 e. The van der Waals surface area contributed by atoms with Crippen molar-refractivity contribution in [3.63, 3.8) is 0 Å². The normalized spacial score (nSPS) is 19.8. The molecule has 8 nitrogen and oxygen atoms in total. The number of nitrogens with one attached hydrogen (secondary N) is 1. The summed E-state index contributed by atoms with van der Waals surface area (Å²) in [4.78, 5) is 29.1. The number of alkyl halides is 3.